The van der Waals surface area contributed by atoms with Crippen LogP contribution in [-0.4, -0.2) is 46.0 Å². The highest BCUT2D eigenvalue weighted by molar-refractivity contribution is 9.10. The number of nitrogens with one attached hydrogen (secondary N) is 2. The van der Waals surface area contributed by atoms with Gasteiger partial charge in [0.15, 0.2) is 5.65 Å². The Hall–Kier alpha value is -0.980. The van der Waals surface area contributed by atoms with Crippen molar-refractivity contribution in [3.05, 3.63) is 22.6 Å². The number of nitrogens with zero attached hydrogens (tertiary/aromatic N) is 3. The van der Waals surface area contributed by atoms with Gasteiger partial charge in [0.05, 0.1) is 12.1 Å². The fraction of sp³-hybridized carbons (Fsp3) is 0.500. The Labute approximate surface area is 114 Å². The number of pyridine rings is 1. The van der Waals surface area contributed by atoms with E-state index < -0.39 is 0 Å². The number of imidazole rings is 1. The van der Waals surface area contributed by atoms with Crippen LogP contribution >= 0.6 is 15.9 Å². The summed E-state index contributed by atoms with van der Waals surface area (Å²) in [6.07, 6.45) is 2.98. The summed E-state index contributed by atoms with van der Waals surface area (Å²) < 4.78 is 0.976. The van der Waals surface area contributed by atoms with E-state index in [-0.39, 0.29) is 0 Å². The number of halogens is 1. The van der Waals surface area contributed by atoms with Gasteiger partial charge in [-0.15, -0.1) is 0 Å². The highest BCUT2D eigenvalue weighted by atomic mass is 79.9. The van der Waals surface area contributed by atoms with Crippen LogP contribution in [0, 0.1) is 0 Å². The Morgan fingerprint density at radius 1 is 1.33 bits per heavy atom. The molecule has 2 N–H and O–H groups in total. The van der Waals surface area contributed by atoms with Gasteiger partial charge in [-0.1, -0.05) is 0 Å². The second kappa shape index (κ2) is 5.34. The third kappa shape index (κ3) is 2.71. The smallest absolute Gasteiger partial charge is 0.177 e. The van der Waals surface area contributed by atoms with Crippen molar-refractivity contribution in [2.24, 2.45) is 0 Å². The van der Waals surface area contributed by atoms with Gasteiger partial charge in [-0.3, -0.25) is 4.90 Å². The maximum absolute atomic E-state index is 4.53. The summed E-state index contributed by atoms with van der Waals surface area (Å²) in [5.41, 5.74) is 1.79. The molecule has 1 fully saturated rings. The molecule has 1 aliphatic rings. The van der Waals surface area contributed by atoms with Crippen molar-refractivity contribution < 1.29 is 0 Å². The molecule has 0 unspecified atom stereocenters. The van der Waals surface area contributed by atoms with Gasteiger partial charge in [0, 0.05) is 23.8 Å². The molecule has 6 heteroatoms. The Balaban J connectivity index is 1.77. The van der Waals surface area contributed by atoms with Gasteiger partial charge in [-0.05, 0) is 41.5 Å². The predicted octanol–water partition coefficient (Wildman–Crippen LogP) is 1.52. The fourth-order valence-electron chi connectivity index (χ4n) is 2.27. The number of rotatable bonds is 2. The van der Waals surface area contributed by atoms with Gasteiger partial charge in [0.25, 0.3) is 0 Å². The second-order valence-electron chi connectivity index (χ2n) is 4.59. The monoisotopic (exact) mass is 309 g/mol. The molecule has 5 nitrogen and oxygen atoms in total. The molecular weight excluding hydrogens is 294 g/mol. The van der Waals surface area contributed by atoms with Crippen LogP contribution in [0.2, 0.25) is 0 Å². The zero-order valence-corrected chi connectivity index (χ0v) is 11.7. The Morgan fingerprint density at radius 2 is 2.28 bits per heavy atom. The summed E-state index contributed by atoms with van der Waals surface area (Å²) in [7, 11) is 0. The van der Waals surface area contributed by atoms with Crippen molar-refractivity contribution in [1.29, 1.82) is 0 Å². The minimum Gasteiger partial charge on any atom is -0.339 e. The Morgan fingerprint density at radius 3 is 3.22 bits per heavy atom. The molecule has 3 heterocycles. The van der Waals surface area contributed by atoms with E-state index in [1.54, 1.807) is 6.20 Å². The molecule has 1 aliphatic heterocycles. The highest BCUT2D eigenvalue weighted by Gasteiger charge is 2.11. The first-order chi connectivity index (χ1) is 8.81. The van der Waals surface area contributed by atoms with Gasteiger partial charge in [-0.2, -0.15) is 0 Å². The van der Waals surface area contributed by atoms with Crippen LogP contribution in [0.5, 0.6) is 0 Å². The average Bonchev–Trinajstić information content (AvgIpc) is 2.57. The van der Waals surface area contributed by atoms with Crippen LogP contribution < -0.4 is 5.32 Å². The molecular formula is C12H16BrN5. The summed E-state index contributed by atoms with van der Waals surface area (Å²) in [5.74, 6) is 0.998. The average molecular weight is 310 g/mol. The van der Waals surface area contributed by atoms with Crippen molar-refractivity contribution in [3.63, 3.8) is 0 Å². The number of hydrogen-bond acceptors (Lipinski definition) is 4. The van der Waals surface area contributed by atoms with Crippen molar-refractivity contribution in [2.75, 3.05) is 26.2 Å². The lowest BCUT2D eigenvalue weighted by Crippen LogP contribution is -2.28. The van der Waals surface area contributed by atoms with Crippen molar-refractivity contribution in [3.8, 4) is 0 Å². The predicted molar refractivity (Wildman–Crippen MR) is 74.4 cm³/mol. The lowest BCUT2D eigenvalue weighted by atomic mass is 10.4. The quantitative estimate of drug-likeness (QED) is 0.883. The molecule has 0 aliphatic carbocycles. The molecule has 96 valence electrons. The lowest BCUT2D eigenvalue weighted by Gasteiger charge is -2.17. The summed E-state index contributed by atoms with van der Waals surface area (Å²) in [4.78, 5) is 14.6. The van der Waals surface area contributed by atoms with E-state index in [9.17, 15) is 0 Å². The normalized spacial score (nSPS) is 18.1. The van der Waals surface area contributed by atoms with Gasteiger partial charge in [-0.25, -0.2) is 9.97 Å². The molecule has 0 saturated carbocycles. The molecule has 0 spiro atoms. The minimum atomic E-state index is 0.793. The van der Waals surface area contributed by atoms with Crippen molar-refractivity contribution in [2.45, 2.75) is 13.0 Å². The largest absolute Gasteiger partial charge is 0.339 e. The molecule has 0 atom stereocenters. The molecule has 3 rings (SSSR count). The molecule has 0 amide bonds. The molecule has 0 aromatic carbocycles. The molecule has 0 radical (unpaired) electrons. The van der Waals surface area contributed by atoms with Crippen LogP contribution in [0.4, 0.5) is 0 Å². The third-order valence-corrected chi connectivity index (χ3v) is 3.59. The molecule has 2 aromatic rings. The standard InChI is InChI=1S/C12H16BrN5/c13-9-6-10-12(15-7-9)17-11(16-10)8-18-4-1-2-14-3-5-18/h6-7,14H,1-5,8H2,(H,15,16,17). The second-order valence-corrected chi connectivity index (χ2v) is 5.50. The van der Waals surface area contributed by atoms with E-state index >= 15 is 0 Å². The van der Waals surface area contributed by atoms with Crippen LogP contribution in [0.1, 0.15) is 12.2 Å². The van der Waals surface area contributed by atoms with E-state index in [1.165, 1.54) is 6.42 Å². The molecule has 0 bridgehead atoms. The number of aromatic nitrogens is 3. The summed E-state index contributed by atoms with van der Waals surface area (Å²) in [6.45, 7) is 5.25. The first-order valence-electron chi connectivity index (χ1n) is 6.24. The lowest BCUT2D eigenvalue weighted by molar-refractivity contribution is 0.278. The highest BCUT2D eigenvalue weighted by Crippen LogP contribution is 2.15. The van der Waals surface area contributed by atoms with E-state index in [2.05, 4.69) is 41.1 Å². The summed E-state index contributed by atoms with van der Waals surface area (Å²) in [6, 6.07) is 2.02. The van der Waals surface area contributed by atoms with E-state index in [4.69, 9.17) is 0 Å². The molecule has 18 heavy (non-hydrogen) atoms. The van der Waals surface area contributed by atoms with Crippen LogP contribution in [0.15, 0.2) is 16.7 Å². The number of aromatic amines is 1. The molecule has 1 saturated heterocycles. The fourth-order valence-corrected chi connectivity index (χ4v) is 2.60. The minimum absolute atomic E-state index is 0.793. The van der Waals surface area contributed by atoms with Crippen LogP contribution in [0.3, 0.4) is 0 Å². The Kier molecular flexibility index (Phi) is 3.58. The number of hydrogen-bond donors (Lipinski definition) is 2. The van der Waals surface area contributed by atoms with Crippen molar-refractivity contribution in [1.82, 2.24) is 25.2 Å². The van der Waals surface area contributed by atoms with Gasteiger partial charge >= 0.3 is 0 Å². The van der Waals surface area contributed by atoms with Gasteiger partial charge in [0.1, 0.15) is 5.82 Å². The van der Waals surface area contributed by atoms with Gasteiger partial charge in [0.2, 0.25) is 0 Å². The van der Waals surface area contributed by atoms with E-state index in [0.717, 1.165) is 54.2 Å². The number of H-pyrrole nitrogens is 1. The maximum Gasteiger partial charge on any atom is 0.177 e. The topological polar surface area (TPSA) is 56.8 Å². The zero-order valence-electron chi connectivity index (χ0n) is 10.1. The maximum atomic E-state index is 4.53. The number of fused-ring (bicyclic) bond motifs is 1. The molecule has 2 aromatic heterocycles. The van der Waals surface area contributed by atoms with E-state index in [1.807, 2.05) is 6.07 Å². The van der Waals surface area contributed by atoms with Crippen molar-refractivity contribution >= 4 is 27.1 Å². The van der Waals surface area contributed by atoms with Gasteiger partial charge < -0.3 is 10.3 Å². The van der Waals surface area contributed by atoms with Crippen LogP contribution in [-0.2, 0) is 6.54 Å². The zero-order chi connectivity index (χ0) is 12.4. The third-order valence-electron chi connectivity index (χ3n) is 3.16. The Bertz CT molecular complexity index is 530. The first-order valence-corrected chi connectivity index (χ1v) is 7.04. The summed E-state index contributed by atoms with van der Waals surface area (Å²) >= 11 is 3.42. The summed E-state index contributed by atoms with van der Waals surface area (Å²) in [5, 5.41) is 3.41. The SMILES string of the molecule is Brc1cnc2nc(CN3CCCNCC3)[nH]c2c1. The van der Waals surface area contributed by atoms with Crippen LogP contribution in [0.25, 0.3) is 11.2 Å². The van der Waals surface area contributed by atoms with E-state index in [0.29, 0.717) is 0 Å². The first kappa shape index (κ1) is 12.1.